The molecular weight excluding hydrogens is 206 g/mol. The SMILES string of the molecule is Clc1ccc2c(c1)C(N1CCCC1)=CC2. The van der Waals surface area contributed by atoms with Crippen LogP contribution in [0, 0.1) is 0 Å². The van der Waals surface area contributed by atoms with Crippen LogP contribution in [0.25, 0.3) is 5.70 Å². The number of likely N-dealkylation sites (tertiary alicyclic amines) is 1. The van der Waals surface area contributed by atoms with Crippen molar-refractivity contribution in [2.24, 2.45) is 0 Å². The average Bonchev–Trinajstić information content (AvgIpc) is 2.83. The first-order valence-electron chi connectivity index (χ1n) is 5.58. The van der Waals surface area contributed by atoms with Crippen LogP contribution in [-0.2, 0) is 6.42 Å². The van der Waals surface area contributed by atoms with E-state index in [4.69, 9.17) is 11.6 Å². The fourth-order valence-electron chi connectivity index (χ4n) is 2.54. The van der Waals surface area contributed by atoms with E-state index >= 15 is 0 Å². The third-order valence-corrected chi connectivity index (χ3v) is 3.55. The first-order valence-corrected chi connectivity index (χ1v) is 5.96. The van der Waals surface area contributed by atoms with Gasteiger partial charge in [0.1, 0.15) is 0 Å². The van der Waals surface area contributed by atoms with E-state index in [9.17, 15) is 0 Å². The second-order valence-electron chi connectivity index (χ2n) is 4.29. The molecule has 2 heteroatoms. The lowest BCUT2D eigenvalue weighted by Crippen LogP contribution is -2.16. The second kappa shape index (κ2) is 3.57. The highest BCUT2D eigenvalue weighted by Crippen LogP contribution is 2.33. The highest BCUT2D eigenvalue weighted by molar-refractivity contribution is 6.30. The number of rotatable bonds is 1. The zero-order valence-corrected chi connectivity index (χ0v) is 9.43. The van der Waals surface area contributed by atoms with Gasteiger partial charge < -0.3 is 4.90 Å². The maximum absolute atomic E-state index is 6.05. The average molecular weight is 220 g/mol. The van der Waals surface area contributed by atoms with Crippen LogP contribution < -0.4 is 0 Å². The molecule has 15 heavy (non-hydrogen) atoms. The Morgan fingerprint density at radius 1 is 1.13 bits per heavy atom. The zero-order chi connectivity index (χ0) is 10.3. The number of allylic oxidation sites excluding steroid dienone is 1. The zero-order valence-electron chi connectivity index (χ0n) is 8.67. The highest BCUT2D eigenvalue weighted by atomic mass is 35.5. The molecule has 2 aliphatic rings. The number of hydrogen-bond acceptors (Lipinski definition) is 1. The summed E-state index contributed by atoms with van der Waals surface area (Å²) in [5.41, 5.74) is 4.18. The molecule has 0 N–H and O–H groups in total. The maximum atomic E-state index is 6.05. The Morgan fingerprint density at radius 2 is 1.93 bits per heavy atom. The Balaban J connectivity index is 1.98. The third-order valence-electron chi connectivity index (χ3n) is 3.31. The molecule has 0 radical (unpaired) electrons. The summed E-state index contributed by atoms with van der Waals surface area (Å²) in [4.78, 5) is 2.49. The molecule has 1 nitrogen and oxygen atoms in total. The highest BCUT2D eigenvalue weighted by Gasteiger charge is 2.21. The minimum Gasteiger partial charge on any atom is -0.371 e. The lowest BCUT2D eigenvalue weighted by atomic mass is 10.1. The summed E-state index contributed by atoms with van der Waals surface area (Å²) in [6.45, 7) is 2.41. The smallest absolute Gasteiger partial charge is 0.0412 e. The van der Waals surface area contributed by atoms with Crippen LogP contribution in [-0.4, -0.2) is 18.0 Å². The van der Waals surface area contributed by atoms with Gasteiger partial charge in [0.25, 0.3) is 0 Å². The van der Waals surface area contributed by atoms with Gasteiger partial charge in [0.15, 0.2) is 0 Å². The van der Waals surface area contributed by atoms with Gasteiger partial charge in [-0.2, -0.15) is 0 Å². The Labute approximate surface area is 95.3 Å². The van der Waals surface area contributed by atoms with E-state index in [-0.39, 0.29) is 0 Å². The van der Waals surface area contributed by atoms with Gasteiger partial charge in [-0.25, -0.2) is 0 Å². The second-order valence-corrected chi connectivity index (χ2v) is 4.73. The number of hydrogen-bond donors (Lipinski definition) is 0. The summed E-state index contributed by atoms with van der Waals surface area (Å²) >= 11 is 6.05. The molecule has 0 atom stereocenters. The molecule has 0 bridgehead atoms. The fraction of sp³-hybridized carbons (Fsp3) is 0.385. The van der Waals surface area contributed by atoms with E-state index in [0.717, 1.165) is 11.4 Å². The Kier molecular flexibility index (Phi) is 2.21. The van der Waals surface area contributed by atoms with E-state index < -0.39 is 0 Å². The van der Waals surface area contributed by atoms with E-state index in [0.29, 0.717) is 0 Å². The van der Waals surface area contributed by atoms with Crippen molar-refractivity contribution >= 4 is 17.3 Å². The van der Waals surface area contributed by atoms with Gasteiger partial charge in [-0.3, -0.25) is 0 Å². The summed E-state index contributed by atoms with van der Waals surface area (Å²) in [5, 5.41) is 0.848. The van der Waals surface area contributed by atoms with Crippen molar-refractivity contribution in [1.29, 1.82) is 0 Å². The molecule has 0 saturated carbocycles. The minimum absolute atomic E-state index is 0.848. The van der Waals surface area contributed by atoms with Crippen LogP contribution in [0.4, 0.5) is 0 Å². The van der Waals surface area contributed by atoms with Crippen LogP contribution in [0.5, 0.6) is 0 Å². The number of nitrogens with zero attached hydrogens (tertiary/aromatic N) is 1. The molecule has 1 fully saturated rings. The van der Waals surface area contributed by atoms with Gasteiger partial charge in [0, 0.05) is 29.4 Å². The van der Waals surface area contributed by atoms with E-state index in [1.807, 2.05) is 6.07 Å². The molecule has 0 unspecified atom stereocenters. The van der Waals surface area contributed by atoms with Gasteiger partial charge >= 0.3 is 0 Å². The van der Waals surface area contributed by atoms with Crippen LogP contribution in [0.2, 0.25) is 5.02 Å². The normalized spacial score (nSPS) is 19.3. The van der Waals surface area contributed by atoms with Crippen molar-refractivity contribution in [1.82, 2.24) is 4.90 Å². The van der Waals surface area contributed by atoms with Gasteiger partial charge in [0.05, 0.1) is 0 Å². The van der Waals surface area contributed by atoms with Crippen LogP contribution in [0.1, 0.15) is 24.0 Å². The van der Waals surface area contributed by atoms with Crippen molar-refractivity contribution in [2.75, 3.05) is 13.1 Å². The molecule has 1 aromatic rings. The van der Waals surface area contributed by atoms with E-state index in [1.54, 1.807) is 0 Å². The Morgan fingerprint density at radius 3 is 2.73 bits per heavy atom. The monoisotopic (exact) mass is 219 g/mol. The number of benzene rings is 1. The van der Waals surface area contributed by atoms with Gasteiger partial charge in [-0.1, -0.05) is 23.7 Å². The van der Waals surface area contributed by atoms with Crippen molar-refractivity contribution in [3.63, 3.8) is 0 Å². The molecule has 78 valence electrons. The fourth-order valence-corrected chi connectivity index (χ4v) is 2.71. The van der Waals surface area contributed by atoms with Crippen molar-refractivity contribution < 1.29 is 0 Å². The quantitative estimate of drug-likeness (QED) is 0.701. The molecule has 1 saturated heterocycles. The summed E-state index contributed by atoms with van der Waals surface area (Å²) in [6, 6.07) is 6.24. The van der Waals surface area contributed by atoms with E-state index in [1.165, 1.54) is 42.8 Å². The van der Waals surface area contributed by atoms with Crippen molar-refractivity contribution in [3.8, 4) is 0 Å². The standard InChI is InChI=1S/C13H14ClN/c14-11-5-3-10-4-6-13(12(10)9-11)15-7-1-2-8-15/h3,5-6,9H,1-2,4,7-8H2. The van der Waals surface area contributed by atoms with Gasteiger partial charge in [0.2, 0.25) is 0 Å². The van der Waals surface area contributed by atoms with Gasteiger partial charge in [-0.15, -0.1) is 0 Å². The Hall–Kier alpha value is -0.950. The minimum atomic E-state index is 0.848. The molecular formula is C13H14ClN. The first kappa shape index (κ1) is 9.29. The third kappa shape index (κ3) is 1.55. The van der Waals surface area contributed by atoms with E-state index in [2.05, 4.69) is 23.1 Å². The summed E-state index contributed by atoms with van der Waals surface area (Å²) < 4.78 is 0. The Bertz CT molecular complexity index is 417. The lowest BCUT2D eigenvalue weighted by molar-refractivity contribution is 0.494. The predicted octanol–water partition coefficient (Wildman–Crippen LogP) is 3.33. The first-order chi connectivity index (χ1) is 7.34. The molecule has 1 aromatic carbocycles. The molecule has 1 aliphatic heterocycles. The maximum Gasteiger partial charge on any atom is 0.0412 e. The summed E-state index contributed by atoms with van der Waals surface area (Å²) in [5.74, 6) is 0. The summed E-state index contributed by atoms with van der Waals surface area (Å²) in [6.07, 6.45) is 6.06. The molecule has 0 spiro atoms. The van der Waals surface area contributed by atoms with Crippen LogP contribution >= 0.6 is 11.6 Å². The largest absolute Gasteiger partial charge is 0.371 e. The molecule has 3 rings (SSSR count). The number of halogens is 1. The van der Waals surface area contributed by atoms with Crippen LogP contribution in [0.15, 0.2) is 24.3 Å². The summed E-state index contributed by atoms with van der Waals surface area (Å²) in [7, 11) is 0. The molecule has 1 heterocycles. The predicted molar refractivity (Wildman–Crippen MR) is 63.9 cm³/mol. The lowest BCUT2D eigenvalue weighted by Gasteiger charge is -2.20. The molecule has 0 aromatic heterocycles. The molecule has 0 amide bonds. The number of fused-ring (bicyclic) bond motifs is 1. The van der Waals surface area contributed by atoms with Gasteiger partial charge in [-0.05, 0) is 37.0 Å². The van der Waals surface area contributed by atoms with Crippen molar-refractivity contribution in [2.45, 2.75) is 19.3 Å². The van der Waals surface area contributed by atoms with Crippen LogP contribution in [0.3, 0.4) is 0 Å². The molecule has 1 aliphatic carbocycles. The van der Waals surface area contributed by atoms with Crippen molar-refractivity contribution in [3.05, 3.63) is 40.4 Å². The topological polar surface area (TPSA) is 3.24 Å².